The predicted molar refractivity (Wildman–Crippen MR) is 86.8 cm³/mol. The minimum Gasteiger partial charge on any atom is -0.267 e. The van der Waals surface area contributed by atoms with Gasteiger partial charge in [0.05, 0.1) is 0 Å². The third kappa shape index (κ3) is 4.63. The molecule has 1 aromatic carbocycles. The Labute approximate surface area is 131 Å². The van der Waals surface area contributed by atoms with E-state index in [0.717, 1.165) is 17.0 Å². The van der Waals surface area contributed by atoms with E-state index >= 15 is 0 Å². The highest BCUT2D eigenvalue weighted by Crippen LogP contribution is 2.08. The van der Waals surface area contributed by atoms with Crippen molar-refractivity contribution in [2.75, 3.05) is 11.7 Å². The molecule has 0 aliphatic heterocycles. The van der Waals surface area contributed by atoms with E-state index in [-0.39, 0.29) is 5.91 Å². The maximum absolute atomic E-state index is 12.1. The second-order valence-corrected chi connectivity index (χ2v) is 6.41. The summed E-state index contributed by atoms with van der Waals surface area (Å²) < 4.78 is 11.3. The van der Waals surface area contributed by atoms with Crippen LogP contribution in [0.2, 0.25) is 0 Å². The molecule has 0 spiro atoms. The van der Waals surface area contributed by atoms with Gasteiger partial charge < -0.3 is 0 Å². The van der Waals surface area contributed by atoms with Crippen molar-refractivity contribution >= 4 is 22.7 Å². The molecule has 7 heteroatoms. The van der Waals surface area contributed by atoms with E-state index in [9.17, 15) is 9.00 Å². The lowest BCUT2D eigenvalue weighted by molar-refractivity contribution is 0.0962. The molecule has 0 aliphatic rings. The molecule has 6 nitrogen and oxygen atoms in total. The van der Waals surface area contributed by atoms with Crippen LogP contribution >= 0.6 is 0 Å². The van der Waals surface area contributed by atoms with Crippen molar-refractivity contribution in [2.45, 2.75) is 19.6 Å². The first-order chi connectivity index (χ1) is 10.4. The van der Waals surface area contributed by atoms with E-state index < -0.39 is 10.8 Å². The number of aromatic nitrogens is 2. The number of hydrogen-bond acceptors (Lipinski definition) is 5. The minimum absolute atomic E-state index is 0.300. The summed E-state index contributed by atoms with van der Waals surface area (Å²) in [5, 5.41) is 0. The normalized spacial score (nSPS) is 11.8. The molecule has 0 bridgehead atoms. The van der Waals surface area contributed by atoms with Crippen molar-refractivity contribution in [3.05, 3.63) is 52.8 Å². The molecule has 0 fully saturated rings. The Morgan fingerprint density at radius 3 is 2.50 bits per heavy atom. The molecule has 0 unspecified atom stereocenters. The highest BCUT2D eigenvalue weighted by Gasteiger charge is 2.07. The van der Waals surface area contributed by atoms with E-state index in [4.69, 9.17) is 0 Å². The van der Waals surface area contributed by atoms with Gasteiger partial charge in [-0.15, -0.1) is 0 Å². The quantitative estimate of drug-likeness (QED) is 0.820. The molecule has 0 saturated carbocycles. The van der Waals surface area contributed by atoms with Gasteiger partial charge in [-0.2, -0.15) is 0 Å². The number of nitrogens with one attached hydrogen (secondary N) is 2. The first kappa shape index (κ1) is 16.1. The maximum atomic E-state index is 12.1. The van der Waals surface area contributed by atoms with Gasteiger partial charge in [-0.25, -0.2) is 9.97 Å². The number of carbonyl (C=O) groups is 1. The summed E-state index contributed by atoms with van der Waals surface area (Å²) in [5.41, 5.74) is 8.24. The fourth-order valence-electron chi connectivity index (χ4n) is 2.00. The topological polar surface area (TPSA) is 84.0 Å². The van der Waals surface area contributed by atoms with Crippen LogP contribution < -0.4 is 10.9 Å². The molecule has 22 heavy (non-hydrogen) atoms. The van der Waals surface area contributed by atoms with Crippen LogP contribution in [-0.4, -0.2) is 26.3 Å². The third-order valence-corrected chi connectivity index (χ3v) is 3.57. The van der Waals surface area contributed by atoms with Crippen LogP contribution in [0.1, 0.15) is 27.3 Å². The van der Waals surface area contributed by atoms with Gasteiger partial charge in [0.25, 0.3) is 5.91 Å². The number of amides is 1. The molecular formula is C15H18N4O2S. The number of hydrazine groups is 1. The second kappa shape index (κ2) is 7.13. The van der Waals surface area contributed by atoms with E-state index in [0.29, 0.717) is 17.3 Å². The lowest BCUT2D eigenvalue weighted by Gasteiger charge is -2.09. The second-order valence-electron chi connectivity index (χ2n) is 4.97. The summed E-state index contributed by atoms with van der Waals surface area (Å²) in [7, 11) is -0.944. The summed E-state index contributed by atoms with van der Waals surface area (Å²) in [5.74, 6) is 0.470. The minimum atomic E-state index is -0.944. The molecule has 1 atom stereocenters. The van der Waals surface area contributed by atoms with Crippen LogP contribution in [0.5, 0.6) is 0 Å². The summed E-state index contributed by atoms with van der Waals surface area (Å²) in [6.07, 6.45) is 1.63. The number of hydrogen-bond donors (Lipinski definition) is 2. The Kier molecular flexibility index (Phi) is 5.21. The van der Waals surface area contributed by atoms with Gasteiger partial charge in [0.1, 0.15) is 0 Å². The Bertz CT molecular complexity index is 698. The number of aryl methyl sites for hydroxylation is 2. The van der Waals surface area contributed by atoms with Crippen LogP contribution in [0.4, 0.5) is 5.95 Å². The van der Waals surface area contributed by atoms with Crippen LogP contribution in [0.25, 0.3) is 0 Å². The standard InChI is InChI=1S/C15H18N4O2S/c1-10-7-11(2)17-15(16-10)19-18-14(20)13-6-4-5-12(8-13)9-22(3)21/h4-8H,9H2,1-3H3,(H,18,20)(H,16,17,19)/t22-/m1/s1. The van der Waals surface area contributed by atoms with Crippen molar-refractivity contribution in [2.24, 2.45) is 0 Å². The van der Waals surface area contributed by atoms with Crippen molar-refractivity contribution in [1.29, 1.82) is 0 Å². The fourth-order valence-corrected chi connectivity index (χ4v) is 2.65. The van der Waals surface area contributed by atoms with Crippen LogP contribution in [0.15, 0.2) is 30.3 Å². The van der Waals surface area contributed by atoms with Gasteiger partial charge >= 0.3 is 0 Å². The molecule has 2 N–H and O–H groups in total. The Balaban J connectivity index is 2.04. The van der Waals surface area contributed by atoms with Gasteiger partial charge in [0.15, 0.2) is 0 Å². The zero-order valence-corrected chi connectivity index (χ0v) is 13.5. The predicted octanol–water partition coefficient (Wildman–Crippen LogP) is 1.73. The molecular weight excluding hydrogens is 300 g/mol. The van der Waals surface area contributed by atoms with Gasteiger partial charge in [-0.3, -0.25) is 19.9 Å². The van der Waals surface area contributed by atoms with Gasteiger partial charge in [0, 0.05) is 39.8 Å². The number of rotatable bonds is 5. The molecule has 116 valence electrons. The number of anilines is 1. The Hall–Kier alpha value is -2.28. The largest absolute Gasteiger partial charge is 0.269 e. The average Bonchev–Trinajstić information content (AvgIpc) is 2.43. The lowest BCUT2D eigenvalue weighted by atomic mass is 10.1. The fraction of sp³-hybridized carbons (Fsp3) is 0.267. The van der Waals surface area contributed by atoms with Crippen molar-refractivity contribution in [1.82, 2.24) is 15.4 Å². The zero-order chi connectivity index (χ0) is 16.1. The van der Waals surface area contributed by atoms with Crippen molar-refractivity contribution in [3.8, 4) is 0 Å². The molecule has 0 aliphatic carbocycles. The summed E-state index contributed by atoms with van der Waals surface area (Å²) >= 11 is 0. The molecule has 1 amide bonds. The molecule has 2 aromatic rings. The highest BCUT2D eigenvalue weighted by atomic mass is 32.2. The van der Waals surface area contributed by atoms with Gasteiger partial charge in [-0.1, -0.05) is 12.1 Å². The average molecular weight is 318 g/mol. The molecule has 0 saturated heterocycles. The highest BCUT2D eigenvalue weighted by molar-refractivity contribution is 7.83. The van der Waals surface area contributed by atoms with Crippen molar-refractivity contribution < 1.29 is 9.00 Å². The molecule has 1 heterocycles. The summed E-state index contributed by atoms with van der Waals surface area (Å²) in [6, 6.07) is 8.88. The Morgan fingerprint density at radius 2 is 1.86 bits per heavy atom. The van der Waals surface area contributed by atoms with E-state index in [1.807, 2.05) is 26.0 Å². The molecule has 2 rings (SSSR count). The SMILES string of the molecule is Cc1cc(C)nc(NNC(=O)c2cccc(C[S@@](C)=O)c2)n1. The maximum Gasteiger partial charge on any atom is 0.269 e. The van der Waals surface area contributed by atoms with Crippen LogP contribution in [0.3, 0.4) is 0 Å². The van der Waals surface area contributed by atoms with Crippen LogP contribution in [0, 0.1) is 13.8 Å². The lowest BCUT2D eigenvalue weighted by Crippen LogP contribution is -2.30. The monoisotopic (exact) mass is 318 g/mol. The van der Waals surface area contributed by atoms with Gasteiger partial charge in [-0.05, 0) is 37.6 Å². The number of nitrogens with zero attached hydrogens (tertiary/aromatic N) is 2. The number of carbonyl (C=O) groups excluding carboxylic acids is 1. The summed E-state index contributed by atoms with van der Waals surface area (Å²) in [6.45, 7) is 3.71. The van der Waals surface area contributed by atoms with Gasteiger partial charge in [0.2, 0.25) is 5.95 Å². The third-order valence-electron chi connectivity index (χ3n) is 2.83. The first-order valence-corrected chi connectivity index (χ1v) is 8.44. The van der Waals surface area contributed by atoms with E-state index in [1.54, 1.807) is 24.5 Å². The van der Waals surface area contributed by atoms with E-state index in [1.165, 1.54) is 0 Å². The zero-order valence-electron chi connectivity index (χ0n) is 12.7. The number of benzene rings is 1. The Morgan fingerprint density at radius 1 is 1.18 bits per heavy atom. The smallest absolute Gasteiger partial charge is 0.267 e. The summed E-state index contributed by atoms with van der Waals surface area (Å²) in [4.78, 5) is 20.5. The first-order valence-electron chi connectivity index (χ1n) is 6.71. The molecule has 1 aromatic heterocycles. The van der Waals surface area contributed by atoms with Crippen molar-refractivity contribution in [3.63, 3.8) is 0 Å². The van der Waals surface area contributed by atoms with E-state index in [2.05, 4.69) is 20.8 Å². The van der Waals surface area contributed by atoms with Crippen LogP contribution in [-0.2, 0) is 16.6 Å². The molecule has 0 radical (unpaired) electrons.